The average molecular weight is 361 g/mol. The van der Waals surface area contributed by atoms with E-state index in [0.717, 1.165) is 24.5 Å². The van der Waals surface area contributed by atoms with Crippen LogP contribution in [0.3, 0.4) is 0 Å². The highest BCUT2D eigenvalue weighted by Crippen LogP contribution is 2.31. The summed E-state index contributed by atoms with van der Waals surface area (Å²) in [5.74, 6) is -0.586. The van der Waals surface area contributed by atoms with Gasteiger partial charge in [-0.1, -0.05) is 0 Å². The van der Waals surface area contributed by atoms with Crippen molar-refractivity contribution < 1.29 is 19.0 Å². The molecular weight excluding hydrogens is 337 g/mol. The van der Waals surface area contributed by atoms with Crippen molar-refractivity contribution in [2.24, 2.45) is 0 Å². The van der Waals surface area contributed by atoms with E-state index < -0.39 is 11.4 Å². The lowest BCUT2D eigenvalue weighted by Gasteiger charge is -2.33. The van der Waals surface area contributed by atoms with Gasteiger partial charge in [-0.05, 0) is 45.7 Å². The molecule has 1 aliphatic rings. The molecule has 2 heterocycles. The molecule has 0 atom stereocenters. The van der Waals surface area contributed by atoms with Crippen molar-refractivity contribution >= 4 is 6.09 Å². The molecule has 1 aromatic carbocycles. The number of hydrogen-bond donors (Lipinski definition) is 1. The maximum Gasteiger partial charge on any atom is 0.410 e. The summed E-state index contributed by atoms with van der Waals surface area (Å²) in [5, 5.41) is 14.3. The molecule has 0 unspecified atom stereocenters. The molecule has 1 amide bonds. The lowest BCUT2D eigenvalue weighted by Crippen LogP contribution is -2.42. The van der Waals surface area contributed by atoms with Gasteiger partial charge in [0.05, 0.1) is 12.2 Å². The summed E-state index contributed by atoms with van der Waals surface area (Å²) in [7, 11) is 0. The molecule has 0 spiro atoms. The summed E-state index contributed by atoms with van der Waals surface area (Å²) in [5.41, 5.74) is 0.781. The zero-order valence-electron chi connectivity index (χ0n) is 15.3. The molecule has 1 aromatic heterocycles. The van der Waals surface area contributed by atoms with Crippen LogP contribution in [0.15, 0.2) is 30.6 Å². The highest BCUT2D eigenvalue weighted by molar-refractivity contribution is 5.69. The molecule has 26 heavy (non-hydrogen) atoms. The Hall–Kier alpha value is -2.57. The smallest absolute Gasteiger partial charge is 0.410 e. The fraction of sp³-hybridized carbons (Fsp3) is 0.474. The molecule has 7 heteroatoms. The predicted octanol–water partition coefficient (Wildman–Crippen LogP) is 3.97. The molecule has 1 aliphatic heterocycles. The van der Waals surface area contributed by atoms with Crippen LogP contribution in [0.2, 0.25) is 0 Å². The van der Waals surface area contributed by atoms with Crippen molar-refractivity contribution in [2.45, 2.75) is 45.3 Å². The molecule has 3 rings (SSSR count). The van der Waals surface area contributed by atoms with E-state index in [0.29, 0.717) is 18.7 Å². The molecule has 1 saturated heterocycles. The summed E-state index contributed by atoms with van der Waals surface area (Å²) in [4.78, 5) is 13.9. The van der Waals surface area contributed by atoms with Crippen LogP contribution < -0.4 is 0 Å². The molecule has 0 radical (unpaired) electrons. The third-order valence-corrected chi connectivity index (χ3v) is 4.36. The van der Waals surface area contributed by atoms with Gasteiger partial charge in [-0.15, -0.1) is 0 Å². The molecule has 1 N–H and O–H groups in total. The minimum absolute atomic E-state index is 0.107. The van der Waals surface area contributed by atoms with Gasteiger partial charge >= 0.3 is 6.09 Å². The Balaban J connectivity index is 1.64. The number of rotatable bonds is 2. The first kappa shape index (κ1) is 18.2. The van der Waals surface area contributed by atoms with E-state index >= 15 is 0 Å². The first-order chi connectivity index (χ1) is 12.2. The summed E-state index contributed by atoms with van der Waals surface area (Å²) in [6, 6.07) is 4.11. The number of aromatic hydroxyl groups is 1. The number of nitrogens with zero attached hydrogens (tertiary/aromatic N) is 3. The van der Waals surface area contributed by atoms with Gasteiger partial charge in [0.15, 0.2) is 0 Å². The van der Waals surface area contributed by atoms with Crippen molar-refractivity contribution in [3.63, 3.8) is 0 Å². The van der Waals surface area contributed by atoms with Crippen LogP contribution in [0, 0.1) is 5.82 Å². The van der Waals surface area contributed by atoms with Gasteiger partial charge in [0.2, 0.25) is 0 Å². The second-order valence-electron chi connectivity index (χ2n) is 7.57. The molecule has 1 fully saturated rings. The van der Waals surface area contributed by atoms with Crippen LogP contribution in [0.5, 0.6) is 5.75 Å². The van der Waals surface area contributed by atoms with Gasteiger partial charge in [-0.25, -0.2) is 9.18 Å². The Morgan fingerprint density at radius 2 is 2.00 bits per heavy atom. The number of phenolic OH excluding ortho intramolecular Hbond substituents is 1. The largest absolute Gasteiger partial charge is 0.507 e. The number of halogens is 1. The third-order valence-electron chi connectivity index (χ3n) is 4.36. The fourth-order valence-electron chi connectivity index (χ4n) is 3.07. The number of ether oxygens (including phenoxy) is 1. The monoisotopic (exact) mass is 361 g/mol. The van der Waals surface area contributed by atoms with Crippen molar-refractivity contribution in [1.82, 2.24) is 14.7 Å². The molecule has 0 saturated carbocycles. The van der Waals surface area contributed by atoms with Crippen LogP contribution in [0.4, 0.5) is 9.18 Å². The number of amides is 1. The summed E-state index contributed by atoms with van der Waals surface area (Å²) >= 11 is 0. The average Bonchev–Trinajstić information content (AvgIpc) is 3.03. The van der Waals surface area contributed by atoms with E-state index in [2.05, 4.69) is 5.10 Å². The minimum Gasteiger partial charge on any atom is -0.507 e. The SMILES string of the molecule is CC(C)(C)OC(=O)N1CCC(n2cc(-c3ccc(F)cc3O)cn2)CC1. The molecular formula is C19H24FN3O3. The fourth-order valence-corrected chi connectivity index (χ4v) is 3.07. The Morgan fingerprint density at radius 1 is 1.31 bits per heavy atom. The topological polar surface area (TPSA) is 67.6 Å². The second kappa shape index (κ2) is 6.97. The van der Waals surface area contributed by atoms with Gasteiger partial charge in [-0.2, -0.15) is 5.10 Å². The summed E-state index contributed by atoms with van der Waals surface area (Å²) in [6.45, 7) is 6.78. The number of benzene rings is 1. The first-order valence-corrected chi connectivity index (χ1v) is 8.74. The molecule has 140 valence electrons. The maximum absolute atomic E-state index is 13.1. The minimum atomic E-state index is -0.498. The Labute approximate surface area is 152 Å². The number of phenols is 1. The number of carbonyl (C=O) groups excluding carboxylic acids is 1. The van der Waals surface area contributed by atoms with E-state index in [4.69, 9.17) is 4.74 Å². The second-order valence-corrected chi connectivity index (χ2v) is 7.57. The van der Waals surface area contributed by atoms with Crippen LogP contribution in [-0.2, 0) is 4.74 Å². The van der Waals surface area contributed by atoms with Crippen molar-refractivity contribution in [1.29, 1.82) is 0 Å². The van der Waals surface area contributed by atoms with Crippen molar-refractivity contribution in [3.05, 3.63) is 36.4 Å². The molecule has 0 bridgehead atoms. The summed E-state index contributed by atoms with van der Waals surface area (Å²) < 4.78 is 20.4. The van der Waals surface area contributed by atoms with E-state index in [1.165, 1.54) is 12.1 Å². The highest BCUT2D eigenvalue weighted by Gasteiger charge is 2.28. The lowest BCUT2D eigenvalue weighted by molar-refractivity contribution is 0.0185. The summed E-state index contributed by atoms with van der Waals surface area (Å²) in [6.07, 6.45) is 4.77. The predicted molar refractivity (Wildman–Crippen MR) is 95.4 cm³/mol. The van der Waals surface area contributed by atoms with Gasteiger partial charge in [0.1, 0.15) is 17.2 Å². The quantitative estimate of drug-likeness (QED) is 0.879. The van der Waals surface area contributed by atoms with Crippen molar-refractivity contribution in [3.8, 4) is 16.9 Å². The normalized spacial score (nSPS) is 15.9. The zero-order valence-corrected chi connectivity index (χ0v) is 15.3. The van der Waals surface area contributed by atoms with Crippen molar-refractivity contribution in [2.75, 3.05) is 13.1 Å². The molecule has 2 aromatic rings. The van der Waals surface area contributed by atoms with Gasteiger partial charge in [0.25, 0.3) is 0 Å². The van der Waals surface area contributed by atoms with E-state index in [9.17, 15) is 14.3 Å². The van der Waals surface area contributed by atoms with Crippen LogP contribution in [-0.4, -0.2) is 44.6 Å². The number of hydrogen-bond acceptors (Lipinski definition) is 4. The number of piperidine rings is 1. The lowest BCUT2D eigenvalue weighted by atomic mass is 10.1. The van der Waals surface area contributed by atoms with Crippen LogP contribution >= 0.6 is 0 Å². The standard InChI is InChI=1S/C19H24FN3O3/c1-19(2,3)26-18(25)22-8-6-15(7-9-22)23-12-13(11-21-23)16-5-4-14(20)10-17(16)24/h4-5,10-12,15,24H,6-9H2,1-3H3. The number of carbonyl (C=O) groups is 1. The van der Waals surface area contributed by atoms with E-state index in [-0.39, 0.29) is 17.9 Å². The molecule has 0 aliphatic carbocycles. The van der Waals surface area contributed by atoms with Crippen LogP contribution in [0.25, 0.3) is 11.1 Å². The third kappa shape index (κ3) is 4.15. The Kier molecular flexibility index (Phi) is 4.89. The van der Waals surface area contributed by atoms with Gasteiger partial charge < -0.3 is 14.7 Å². The zero-order chi connectivity index (χ0) is 18.9. The van der Waals surface area contributed by atoms with Gasteiger partial charge in [0, 0.05) is 36.5 Å². The molecule has 6 nitrogen and oxygen atoms in total. The number of aromatic nitrogens is 2. The van der Waals surface area contributed by atoms with E-state index in [1.807, 2.05) is 31.6 Å². The maximum atomic E-state index is 13.1. The number of likely N-dealkylation sites (tertiary alicyclic amines) is 1. The highest BCUT2D eigenvalue weighted by atomic mass is 19.1. The Bertz CT molecular complexity index is 790. The van der Waals surface area contributed by atoms with E-state index in [1.54, 1.807) is 11.1 Å². The van der Waals surface area contributed by atoms with Crippen LogP contribution in [0.1, 0.15) is 39.7 Å². The first-order valence-electron chi connectivity index (χ1n) is 8.74. The van der Waals surface area contributed by atoms with Gasteiger partial charge in [-0.3, -0.25) is 4.68 Å². The Morgan fingerprint density at radius 3 is 2.62 bits per heavy atom.